The Morgan fingerprint density at radius 2 is 2.00 bits per heavy atom. The first kappa shape index (κ1) is 16.9. The highest BCUT2D eigenvalue weighted by molar-refractivity contribution is 5.83. The summed E-state index contributed by atoms with van der Waals surface area (Å²) in [6, 6.07) is 11.2. The Kier molecular flexibility index (Phi) is 3.89. The van der Waals surface area contributed by atoms with E-state index in [0.717, 1.165) is 29.0 Å². The van der Waals surface area contributed by atoms with Gasteiger partial charge in [-0.05, 0) is 29.8 Å². The van der Waals surface area contributed by atoms with E-state index in [0.29, 0.717) is 42.9 Å². The van der Waals surface area contributed by atoms with Crippen LogP contribution in [-0.2, 0) is 24.2 Å². The number of nitrogens with zero attached hydrogens (tertiary/aromatic N) is 2. The van der Waals surface area contributed by atoms with E-state index < -0.39 is 17.7 Å². The number of rotatable bonds is 2. The molecule has 3 heterocycles. The highest BCUT2D eigenvalue weighted by atomic mass is 19.2. The summed E-state index contributed by atoms with van der Waals surface area (Å²) in [6.07, 6.45) is 0.501. The van der Waals surface area contributed by atoms with Crippen LogP contribution in [0.1, 0.15) is 16.9 Å². The Hall–Kier alpha value is -3.22. The van der Waals surface area contributed by atoms with Gasteiger partial charge in [-0.25, -0.2) is 8.78 Å². The standard InChI is InChI=1S/C21H16F2N2O3/c22-15-6-5-13(9-16(15)23)20-14-11-25(8-7-18(14)28-24-20)21(26)19-10-12-3-1-2-4-17(12)27-19/h1-6,9,19H,7-8,10-11H2. The zero-order valence-corrected chi connectivity index (χ0v) is 14.8. The maximum Gasteiger partial charge on any atom is 0.264 e. The van der Waals surface area contributed by atoms with Gasteiger partial charge in [0.1, 0.15) is 17.2 Å². The molecule has 142 valence electrons. The van der Waals surface area contributed by atoms with Crippen LogP contribution < -0.4 is 4.74 Å². The number of hydrogen-bond donors (Lipinski definition) is 0. The Labute approximate surface area is 159 Å². The minimum Gasteiger partial charge on any atom is -0.480 e. The molecule has 2 aromatic carbocycles. The highest BCUT2D eigenvalue weighted by Crippen LogP contribution is 2.33. The van der Waals surface area contributed by atoms with Crippen molar-refractivity contribution in [2.75, 3.05) is 6.54 Å². The van der Waals surface area contributed by atoms with Gasteiger partial charge in [0, 0.05) is 30.5 Å². The van der Waals surface area contributed by atoms with Gasteiger partial charge in [0.25, 0.3) is 5.91 Å². The second kappa shape index (κ2) is 6.44. The third kappa shape index (κ3) is 2.74. The van der Waals surface area contributed by atoms with Crippen molar-refractivity contribution in [1.29, 1.82) is 0 Å². The lowest BCUT2D eigenvalue weighted by Crippen LogP contribution is -2.43. The lowest BCUT2D eigenvalue weighted by molar-refractivity contribution is -0.138. The SMILES string of the molecule is O=C(C1Cc2ccccc2O1)N1CCc2onc(-c3ccc(F)c(F)c3)c2C1. The predicted octanol–water partition coefficient (Wildman–Crippen LogP) is 3.51. The summed E-state index contributed by atoms with van der Waals surface area (Å²) in [6.45, 7) is 0.788. The van der Waals surface area contributed by atoms with Crippen LogP contribution in [0.4, 0.5) is 8.78 Å². The first-order valence-corrected chi connectivity index (χ1v) is 9.06. The van der Waals surface area contributed by atoms with Gasteiger partial charge in [-0.1, -0.05) is 23.4 Å². The first-order valence-electron chi connectivity index (χ1n) is 9.06. The Morgan fingerprint density at radius 3 is 2.82 bits per heavy atom. The van der Waals surface area contributed by atoms with Crippen LogP contribution in [0.5, 0.6) is 5.75 Å². The van der Waals surface area contributed by atoms with E-state index in [1.165, 1.54) is 6.07 Å². The molecule has 0 saturated heterocycles. The van der Waals surface area contributed by atoms with Crippen molar-refractivity contribution in [3.63, 3.8) is 0 Å². The van der Waals surface area contributed by atoms with E-state index in [1.807, 2.05) is 24.3 Å². The van der Waals surface area contributed by atoms with Crippen LogP contribution >= 0.6 is 0 Å². The van der Waals surface area contributed by atoms with Crippen LogP contribution in [0.25, 0.3) is 11.3 Å². The summed E-state index contributed by atoms with van der Waals surface area (Å²) in [5.41, 5.74) is 2.59. The molecule has 0 N–H and O–H groups in total. The minimum absolute atomic E-state index is 0.0979. The Bertz CT molecular complexity index is 1050. The monoisotopic (exact) mass is 382 g/mol. The zero-order chi connectivity index (χ0) is 19.3. The molecular weight excluding hydrogens is 366 g/mol. The molecule has 0 bridgehead atoms. The van der Waals surface area contributed by atoms with E-state index in [2.05, 4.69) is 5.16 Å². The van der Waals surface area contributed by atoms with E-state index in [4.69, 9.17) is 9.26 Å². The van der Waals surface area contributed by atoms with E-state index in [-0.39, 0.29) is 5.91 Å². The summed E-state index contributed by atoms with van der Waals surface area (Å²) in [5, 5.41) is 4.03. The second-order valence-corrected chi connectivity index (χ2v) is 6.99. The number of benzene rings is 2. The number of para-hydroxylation sites is 1. The van der Waals surface area contributed by atoms with Crippen molar-refractivity contribution in [3.8, 4) is 17.0 Å². The smallest absolute Gasteiger partial charge is 0.264 e. The average molecular weight is 382 g/mol. The molecule has 2 aliphatic rings. The molecule has 1 unspecified atom stereocenters. The van der Waals surface area contributed by atoms with Crippen molar-refractivity contribution < 1.29 is 22.8 Å². The van der Waals surface area contributed by atoms with Gasteiger partial charge < -0.3 is 14.2 Å². The lowest BCUT2D eigenvalue weighted by atomic mass is 10.0. The van der Waals surface area contributed by atoms with Gasteiger partial charge in [0.2, 0.25) is 0 Å². The van der Waals surface area contributed by atoms with Crippen molar-refractivity contribution in [2.45, 2.75) is 25.5 Å². The van der Waals surface area contributed by atoms with Gasteiger partial charge in [-0.2, -0.15) is 0 Å². The number of amides is 1. The maximum atomic E-state index is 13.6. The van der Waals surface area contributed by atoms with Gasteiger partial charge in [0.15, 0.2) is 17.7 Å². The predicted molar refractivity (Wildman–Crippen MR) is 95.5 cm³/mol. The largest absolute Gasteiger partial charge is 0.480 e. The summed E-state index contributed by atoms with van der Waals surface area (Å²) in [4.78, 5) is 14.7. The molecule has 0 saturated carbocycles. The third-order valence-electron chi connectivity index (χ3n) is 5.25. The van der Waals surface area contributed by atoms with Crippen LogP contribution in [0.2, 0.25) is 0 Å². The third-order valence-corrected chi connectivity index (χ3v) is 5.25. The van der Waals surface area contributed by atoms with Crippen LogP contribution in [-0.4, -0.2) is 28.6 Å². The fraction of sp³-hybridized carbons (Fsp3) is 0.238. The van der Waals surface area contributed by atoms with Gasteiger partial charge in [-0.15, -0.1) is 0 Å². The van der Waals surface area contributed by atoms with Crippen LogP contribution in [0.3, 0.4) is 0 Å². The first-order chi connectivity index (χ1) is 13.6. The van der Waals surface area contributed by atoms with Crippen LogP contribution in [0, 0.1) is 11.6 Å². The fourth-order valence-electron chi connectivity index (χ4n) is 3.79. The summed E-state index contributed by atoms with van der Waals surface area (Å²) >= 11 is 0. The molecule has 28 heavy (non-hydrogen) atoms. The molecule has 7 heteroatoms. The molecule has 1 atom stereocenters. The number of fused-ring (bicyclic) bond motifs is 2. The molecule has 5 rings (SSSR count). The summed E-state index contributed by atoms with van der Waals surface area (Å²) in [7, 11) is 0. The average Bonchev–Trinajstić information content (AvgIpc) is 3.33. The molecule has 0 radical (unpaired) electrons. The molecule has 0 aliphatic carbocycles. The number of carbonyl (C=O) groups is 1. The van der Waals surface area contributed by atoms with Gasteiger partial charge >= 0.3 is 0 Å². The number of ether oxygens (including phenoxy) is 1. The Morgan fingerprint density at radius 1 is 1.14 bits per heavy atom. The van der Waals surface area contributed by atoms with E-state index >= 15 is 0 Å². The molecule has 3 aromatic rings. The number of halogens is 2. The highest BCUT2D eigenvalue weighted by Gasteiger charge is 2.35. The van der Waals surface area contributed by atoms with Crippen LogP contribution in [0.15, 0.2) is 47.0 Å². The molecule has 1 amide bonds. The minimum atomic E-state index is -0.949. The van der Waals surface area contributed by atoms with Gasteiger partial charge in [-0.3, -0.25) is 4.79 Å². The Balaban J connectivity index is 1.39. The number of aromatic nitrogens is 1. The summed E-state index contributed by atoms with van der Waals surface area (Å²) in [5.74, 6) is -0.560. The lowest BCUT2D eigenvalue weighted by Gasteiger charge is -2.28. The normalized spacial score (nSPS) is 17.8. The van der Waals surface area contributed by atoms with E-state index in [9.17, 15) is 13.6 Å². The zero-order valence-electron chi connectivity index (χ0n) is 14.8. The van der Waals surface area contributed by atoms with Crippen molar-refractivity contribution in [3.05, 3.63) is 71.0 Å². The van der Waals surface area contributed by atoms with Gasteiger partial charge in [0.05, 0.1) is 6.54 Å². The summed E-state index contributed by atoms with van der Waals surface area (Å²) < 4.78 is 38.1. The maximum absolute atomic E-state index is 13.6. The molecule has 2 aliphatic heterocycles. The fourth-order valence-corrected chi connectivity index (χ4v) is 3.79. The van der Waals surface area contributed by atoms with Crippen molar-refractivity contribution >= 4 is 5.91 Å². The van der Waals surface area contributed by atoms with Crippen molar-refractivity contribution in [1.82, 2.24) is 10.1 Å². The molecule has 0 spiro atoms. The molecular formula is C21H16F2N2O3. The van der Waals surface area contributed by atoms with E-state index in [1.54, 1.807) is 4.90 Å². The molecule has 5 nitrogen and oxygen atoms in total. The van der Waals surface area contributed by atoms with Crippen molar-refractivity contribution in [2.24, 2.45) is 0 Å². The topological polar surface area (TPSA) is 55.6 Å². The number of carbonyl (C=O) groups excluding carboxylic acids is 1. The number of hydrogen-bond acceptors (Lipinski definition) is 4. The second-order valence-electron chi connectivity index (χ2n) is 6.99. The molecule has 0 fully saturated rings. The quantitative estimate of drug-likeness (QED) is 0.681. The molecule has 1 aromatic heterocycles.